The minimum atomic E-state index is 0.254. The summed E-state index contributed by atoms with van der Waals surface area (Å²) in [6.45, 7) is 7.70. The minimum Gasteiger partial charge on any atom is -0.487 e. The predicted molar refractivity (Wildman–Crippen MR) is 87.4 cm³/mol. The van der Waals surface area contributed by atoms with Crippen molar-refractivity contribution >= 4 is 27.3 Å². The van der Waals surface area contributed by atoms with Gasteiger partial charge in [0.25, 0.3) is 0 Å². The Hall–Kier alpha value is -0.910. The van der Waals surface area contributed by atoms with E-state index >= 15 is 0 Å². The number of aromatic nitrogens is 1. The summed E-state index contributed by atoms with van der Waals surface area (Å²) in [7, 11) is 0. The van der Waals surface area contributed by atoms with E-state index in [0.717, 1.165) is 33.0 Å². The van der Waals surface area contributed by atoms with Crippen molar-refractivity contribution in [2.75, 3.05) is 6.54 Å². The second kappa shape index (κ2) is 7.20. The van der Waals surface area contributed by atoms with Gasteiger partial charge in [0, 0.05) is 21.5 Å². The van der Waals surface area contributed by atoms with Crippen molar-refractivity contribution in [2.24, 2.45) is 0 Å². The molecule has 0 spiro atoms. The third-order valence-corrected chi connectivity index (χ3v) is 4.31. The number of hydrogen-bond donors (Lipinski definition) is 1. The Morgan fingerprint density at radius 3 is 2.90 bits per heavy atom. The number of halogens is 1. The van der Waals surface area contributed by atoms with Crippen LogP contribution < -0.4 is 10.1 Å². The number of nitrogens with one attached hydrogen (secondary N) is 1. The van der Waals surface area contributed by atoms with Crippen molar-refractivity contribution in [3.8, 4) is 5.75 Å². The third-order valence-electron chi connectivity index (χ3n) is 2.99. The van der Waals surface area contributed by atoms with Crippen molar-refractivity contribution in [2.45, 2.75) is 33.4 Å². The number of aryl methyl sites for hydroxylation is 1. The molecule has 20 heavy (non-hydrogen) atoms. The molecule has 5 heteroatoms. The topological polar surface area (TPSA) is 34.1 Å². The maximum atomic E-state index is 5.94. The Kier molecular flexibility index (Phi) is 5.57. The van der Waals surface area contributed by atoms with Crippen LogP contribution in [0.4, 0.5) is 0 Å². The molecule has 1 heterocycles. The van der Waals surface area contributed by atoms with Crippen LogP contribution in [0.3, 0.4) is 0 Å². The molecule has 0 saturated carbocycles. The normalized spacial score (nSPS) is 12.4. The van der Waals surface area contributed by atoms with E-state index in [0.29, 0.717) is 6.61 Å². The third kappa shape index (κ3) is 4.04. The van der Waals surface area contributed by atoms with E-state index in [1.54, 1.807) is 11.3 Å². The van der Waals surface area contributed by atoms with Crippen LogP contribution in [0.25, 0.3) is 0 Å². The SMILES string of the molecule is CCNC(C)c1cc(Br)ccc1OCc1csc(C)n1. The van der Waals surface area contributed by atoms with E-state index < -0.39 is 0 Å². The Morgan fingerprint density at radius 1 is 1.45 bits per heavy atom. The molecule has 0 saturated heterocycles. The molecular weight excluding hydrogens is 336 g/mol. The number of benzene rings is 1. The molecule has 0 amide bonds. The highest BCUT2D eigenvalue weighted by Crippen LogP contribution is 2.29. The van der Waals surface area contributed by atoms with Crippen molar-refractivity contribution in [3.63, 3.8) is 0 Å². The van der Waals surface area contributed by atoms with Crippen LogP contribution in [0.15, 0.2) is 28.1 Å². The fraction of sp³-hybridized carbons (Fsp3) is 0.400. The van der Waals surface area contributed by atoms with Gasteiger partial charge in [-0.1, -0.05) is 22.9 Å². The fourth-order valence-electron chi connectivity index (χ4n) is 2.03. The molecule has 2 rings (SSSR count). The van der Waals surface area contributed by atoms with Crippen LogP contribution >= 0.6 is 27.3 Å². The molecule has 3 nitrogen and oxygen atoms in total. The van der Waals surface area contributed by atoms with Gasteiger partial charge in [0.05, 0.1) is 10.7 Å². The van der Waals surface area contributed by atoms with E-state index in [-0.39, 0.29) is 6.04 Å². The first kappa shape index (κ1) is 15.5. The molecular formula is C15H19BrN2OS. The summed E-state index contributed by atoms with van der Waals surface area (Å²) in [6.07, 6.45) is 0. The summed E-state index contributed by atoms with van der Waals surface area (Å²) >= 11 is 5.17. The van der Waals surface area contributed by atoms with Crippen molar-refractivity contribution in [1.82, 2.24) is 10.3 Å². The summed E-state index contributed by atoms with van der Waals surface area (Å²) < 4.78 is 7.01. The summed E-state index contributed by atoms with van der Waals surface area (Å²) in [5, 5.41) is 6.53. The molecule has 0 fully saturated rings. The lowest BCUT2D eigenvalue weighted by Gasteiger charge is -2.17. The molecule has 0 aliphatic rings. The number of ether oxygens (including phenoxy) is 1. The molecule has 1 atom stereocenters. The van der Waals surface area contributed by atoms with Crippen molar-refractivity contribution in [1.29, 1.82) is 0 Å². The van der Waals surface area contributed by atoms with Gasteiger partial charge in [0.2, 0.25) is 0 Å². The second-order valence-corrected chi connectivity index (χ2v) is 6.59. The second-order valence-electron chi connectivity index (χ2n) is 4.61. The van der Waals surface area contributed by atoms with Crippen molar-refractivity contribution in [3.05, 3.63) is 44.3 Å². The van der Waals surface area contributed by atoms with Gasteiger partial charge in [-0.2, -0.15) is 0 Å². The van der Waals surface area contributed by atoms with E-state index in [2.05, 4.69) is 46.1 Å². The average Bonchev–Trinajstić information content (AvgIpc) is 2.83. The number of rotatable bonds is 6. The van der Waals surface area contributed by atoms with Crippen LogP contribution in [0.1, 0.15) is 36.2 Å². The van der Waals surface area contributed by atoms with E-state index in [1.807, 2.05) is 24.4 Å². The smallest absolute Gasteiger partial charge is 0.131 e. The van der Waals surface area contributed by atoms with Gasteiger partial charge in [-0.05, 0) is 38.6 Å². The van der Waals surface area contributed by atoms with Gasteiger partial charge >= 0.3 is 0 Å². The fourth-order valence-corrected chi connectivity index (χ4v) is 3.01. The zero-order valence-corrected chi connectivity index (χ0v) is 14.3. The standard InChI is InChI=1S/C15H19BrN2OS/c1-4-17-10(2)14-7-12(16)5-6-15(14)19-8-13-9-20-11(3)18-13/h5-7,9-10,17H,4,8H2,1-3H3. The van der Waals surface area contributed by atoms with Crippen LogP contribution in [-0.2, 0) is 6.61 Å². The predicted octanol–water partition coefficient (Wildman–Crippen LogP) is 4.46. The first-order chi connectivity index (χ1) is 9.60. The summed E-state index contributed by atoms with van der Waals surface area (Å²) in [4.78, 5) is 4.42. The summed E-state index contributed by atoms with van der Waals surface area (Å²) in [5.74, 6) is 0.910. The maximum Gasteiger partial charge on any atom is 0.131 e. The molecule has 2 aromatic rings. The van der Waals surface area contributed by atoms with Crippen LogP contribution in [0, 0.1) is 6.92 Å². The van der Waals surface area contributed by atoms with Gasteiger partial charge in [0.1, 0.15) is 12.4 Å². The average molecular weight is 355 g/mol. The molecule has 0 aliphatic heterocycles. The largest absolute Gasteiger partial charge is 0.487 e. The monoisotopic (exact) mass is 354 g/mol. The molecule has 1 aromatic carbocycles. The Balaban J connectivity index is 2.13. The molecule has 0 radical (unpaired) electrons. The van der Waals surface area contributed by atoms with Gasteiger partial charge in [-0.15, -0.1) is 11.3 Å². The zero-order chi connectivity index (χ0) is 14.5. The van der Waals surface area contributed by atoms with Gasteiger partial charge in [-0.25, -0.2) is 4.98 Å². The van der Waals surface area contributed by atoms with E-state index in [1.165, 1.54) is 0 Å². The minimum absolute atomic E-state index is 0.254. The summed E-state index contributed by atoms with van der Waals surface area (Å²) in [5.41, 5.74) is 2.14. The number of thiazole rings is 1. The lowest BCUT2D eigenvalue weighted by molar-refractivity contribution is 0.296. The number of hydrogen-bond acceptors (Lipinski definition) is 4. The zero-order valence-electron chi connectivity index (χ0n) is 11.9. The highest BCUT2D eigenvalue weighted by molar-refractivity contribution is 9.10. The molecule has 1 N–H and O–H groups in total. The quantitative estimate of drug-likeness (QED) is 0.831. The first-order valence-corrected chi connectivity index (χ1v) is 8.34. The van der Waals surface area contributed by atoms with Crippen LogP contribution in [-0.4, -0.2) is 11.5 Å². The maximum absolute atomic E-state index is 5.94. The van der Waals surface area contributed by atoms with Crippen LogP contribution in [0.5, 0.6) is 5.75 Å². The Morgan fingerprint density at radius 2 is 2.25 bits per heavy atom. The van der Waals surface area contributed by atoms with Crippen molar-refractivity contribution < 1.29 is 4.74 Å². The highest BCUT2D eigenvalue weighted by Gasteiger charge is 2.12. The first-order valence-electron chi connectivity index (χ1n) is 6.66. The lowest BCUT2D eigenvalue weighted by Crippen LogP contribution is -2.18. The van der Waals surface area contributed by atoms with E-state index in [4.69, 9.17) is 4.74 Å². The highest BCUT2D eigenvalue weighted by atomic mass is 79.9. The number of nitrogens with zero attached hydrogens (tertiary/aromatic N) is 1. The molecule has 0 bridgehead atoms. The van der Waals surface area contributed by atoms with Crippen LogP contribution in [0.2, 0.25) is 0 Å². The van der Waals surface area contributed by atoms with Gasteiger partial charge in [-0.3, -0.25) is 0 Å². The van der Waals surface area contributed by atoms with E-state index in [9.17, 15) is 0 Å². The lowest BCUT2D eigenvalue weighted by atomic mass is 10.1. The van der Waals surface area contributed by atoms with Gasteiger partial charge in [0.15, 0.2) is 0 Å². The summed E-state index contributed by atoms with van der Waals surface area (Å²) in [6, 6.07) is 6.37. The Labute approximate surface area is 132 Å². The van der Waals surface area contributed by atoms with Gasteiger partial charge < -0.3 is 10.1 Å². The molecule has 1 unspecified atom stereocenters. The Bertz CT molecular complexity index is 571. The molecule has 0 aliphatic carbocycles. The molecule has 108 valence electrons. The molecule has 1 aromatic heterocycles.